The molecule has 0 aliphatic rings. The SMILES string of the molecule is O=C(Nc1ccc(Br)c(F)c1)c1cccc(F)c1Br. The summed E-state index contributed by atoms with van der Waals surface area (Å²) in [5.74, 6) is -1.54. The van der Waals surface area contributed by atoms with Crippen molar-refractivity contribution in [1.82, 2.24) is 0 Å². The normalized spacial score (nSPS) is 10.3. The van der Waals surface area contributed by atoms with Gasteiger partial charge < -0.3 is 5.32 Å². The van der Waals surface area contributed by atoms with Crippen molar-refractivity contribution >= 4 is 43.5 Å². The number of anilines is 1. The summed E-state index contributed by atoms with van der Waals surface area (Å²) in [6.07, 6.45) is 0. The summed E-state index contributed by atoms with van der Waals surface area (Å²) >= 11 is 6.02. The molecule has 2 aromatic rings. The zero-order chi connectivity index (χ0) is 14.0. The number of amides is 1. The molecule has 98 valence electrons. The molecule has 2 rings (SSSR count). The number of nitrogens with one attached hydrogen (secondary N) is 1. The summed E-state index contributed by atoms with van der Waals surface area (Å²) < 4.78 is 27.0. The van der Waals surface area contributed by atoms with Crippen LogP contribution in [0.25, 0.3) is 0 Å². The molecule has 0 unspecified atom stereocenters. The van der Waals surface area contributed by atoms with Gasteiger partial charge in [-0.3, -0.25) is 4.79 Å². The molecule has 0 aliphatic heterocycles. The maximum absolute atomic E-state index is 13.3. The van der Waals surface area contributed by atoms with Gasteiger partial charge in [0.2, 0.25) is 0 Å². The highest BCUT2D eigenvalue weighted by molar-refractivity contribution is 9.10. The molecule has 0 atom stereocenters. The molecule has 0 aliphatic carbocycles. The van der Waals surface area contributed by atoms with Crippen LogP contribution in [0.3, 0.4) is 0 Å². The third kappa shape index (κ3) is 3.19. The van der Waals surface area contributed by atoms with Crippen LogP contribution in [-0.2, 0) is 0 Å². The smallest absolute Gasteiger partial charge is 0.256 e. The summed E-state index contributed by atoms with van der Waals surface area (Å²) in [4.78, 5) is 11.9. The summed E-state index contributed by atoms with van der Waals surface area (Å²) in [5.41, 5.74) is 0.435. The van der Waals surface area contributed by atoms with Crippen LogP contribution in [0, 0.1) is 11.6 Å². The van der Waals surface area contributed by atoms with Crippen LogP contribution in [0.15, 0.2) is 45.3 Å². The molecule has 19 heavy (non-hydrogen) atoms. The topological polar surface area (TPSA) is 29.1 Å². The number of carbonyl (C=O) groups is 1. The van der Waals surface area contributed by atoms with E-state index in [-0.39, 0.29) is 10.0 Å². The molecule has 1 amide bonds. The first-order valence-corrected chi connectivity index (χ1v) is 6.78. The molecular formula is C13H7Br2F2NO. The molecule has 0 bridgehead atoms. The second kappa shape index (κ2) is 5.79. The number of hydrogen-bond acceptors (Lipinski definition) is 1. The van der Waals surface area contributed by atoms with Crippen LogP contribution in [0.2, 0.25) is 0 Å². The van der Waals surface area contributed by atoms with Gasteiger partial charge in [-0.15, -0.1) is 0 Å². The maximum Gasteiger partial charge on any atom is 0.256 e. The minimum absolute atomic E-state index is 0.0742. The standard InChI is InChI=1S/C13H7Br2F2NO/c14-9-5-4-7(6-11(9)17)18-13(19)8-2-1-3-10(16)12(8)15/h1-6H,(H,18,19). The van der Waals surface area contributed by atoms with Crippen molar-refractivity contribution in [2.75, 3.05) is 5.32 Å². The number of carbonyl (C=O) groups excluding carboxylic acids is 1. The Bertz CT molecular complexity index is 647. The third-order valence-electron chi connectivity index (χ3n) is 2.37. The van der Waals surface area contributed by atoms with E-state index in [9.17, 15) is 13.6 Å². The van der Waals surface area contributed by atoms with Crippen molar-refractivity contribution < 1.29 is 13.6 Å². The zero-order valence-corrected chi connectivity index (χ0v) is 12.6. The van der Waals surface area contributed by atoms with Crippen molar-refractivity contribution in [1.29, 1.82) is 0 Å². The molecule has 0 aromatic heterocycles. The molecule has 0 radical (unpaired) electrons. The van der Waals surface area contributed by atoms with E-state index in [0.717, 1.165) is 0 Å². The average molecular weight is 391 g/mol. The van der Waals surface area contributed by atoms with Gasteiger partial charge in [-0.25, -0.2) is 8.78 Å². The highest BCUT2D eigenvalue weighted by Crippen LogP contribution is 2.23. The summed E-state index contributed by atoms with van der Waals surface area (Å²) in [5, 5.41) is 2.50. The van der Waals surface area contributed by atoms with Crippen LogP contribution in [0.4, 0.5) is 14.5 Å². The number of rotatable bonds is 2. The second-order valence-corrected chi connectivity index (χ2v) is 5.33. The van der Waals surface area contributed by atoms with Crippen molar-refractivity contribution in [3.63, 3.8) is 0 Å². The Morgan fingerprint density at radius 1 is 1.05 bits per heavy atom. The monoisotopic (exact) mass is 389 g/mol. The van der Waals surface area contributed by atoms with E-state index in [0.29, 0.717) is 10.2 Å². The summed E-state index contributed by atoms with van der Waals surface area (Å²) in [6.45, 7) is 0. The molecule has 6 heteroatoms. The summed E-state index contributed by atoms with van der Waals surface area (Å²) in [7, 11) is 0. The van der Waals surface area contributed by atoms with Gasteiger partial charge in [0.05, 0.1) is 14.5 Å². The Morgan fingerprint density at radius 2 is 1.79 bits per heavy atom. The Hall–Kier alpha value is -1.27. The van der Waals surface area contributed by atoms with Gasteiger partial charge in [0.1, 0.15) is 11.6 Å². The fourth-order valence-electron chi connectivity index (χ4n) is 1.45. The number of hydrogen-bond donors (Lipinski definition) is 1. The van der Waals surface area contributed by atoms with Gasteiger partial charge in [-0.05, 0) is 62.2 Å². The predicted molar refractivity (Wildman–Crippen MR) is 76.2 cm³/mol. The molecule has 1 N–H and O–H groups in total. The van der Waals surface area contributed by atoms with Crippen molar-refractivity contribution in [3.8, 4) is 0 Å². The lowest BCUT2D eigenvalue weighted by atomic mass is 10.2. The predicted octanol–water partition coefficient (Wildman–Crippen LogP) is 4.74. The van der Waals surface area contributed by atoms with Gasteiger partial charge >= 0.3 is 0 Å². The minimum Gasteiger partial charge on any atom is -0.322 e. The quantitative estimate of drug-likeness (QED) is 0.788. The summed E-state index contributed by atoms with van der Waals surface area (Å²) in [6, 6.07) is 8.33. The molecule has 0 saturated carbocycles. The molecule has 0 saturated heterocycles. The van der Waals surface area contributed by atoms with Crippen LogP contribution in [0.1, 0.15) is 10.4 Å². The molecule has 0 spiro atoms. The highest BCUT2D eigenvalue weighted by atomic mass is 79.9. The lowest BCUT2D eigenvalue weighted by Gasteiger charge is -2.08. The van der Waals surface area contributed by atoms with E-state index < -0.39 is 17.5 Å². The van der Waals surface area contributed by atoms with Crippen LogP contribution in [-0.4, -0.2) is 5.91 Å². The van der Waals surface area contributed by atoms with Crippen molar-refractivity contribution in [2.24, 2.45) is 0 Å². The Labute approximate surface area is 125 Å². The first-order valence-electron chi connectivity index (χ1n) is 5.19. The Kier molecular flexibility index (Phi) is 4.31. The van der Waals surface area contributed by atoms with E-state index in [1.54, 1.807) is 0 Å². The van der Waals surface area contributed by atoms with Gasteiger partial charge in [0.25, 0.3) is 5.91 Å². The van der Waals surface area contributed by atoms with Crippen LogP contribution < -0.4 is 5.32 Å². The molecular weight excluding hydrogens is 384 g/mol. The van der Waals surface area contributed by atoms with Crippen LogP contribution in [0.5, 0.6) is 0 Å². The minimum atomic E-state index is -0.533. The van der Waals surface area contributed by atoms with Gasteiger partial charge in [0.15, 0.2) is 0 Å². The van der Waals surface area contributed by atoms with Gasteiger partial charge in [0, 0.05) is 5.69 Å². The molecule has 0 heterocycles. The highest BCUT2D eigenvalue weighted by Gasteiger charge is 2.13. The van der Waals surface area contributed by atoms with Crippen LogP contribution >= 0.6 is 31.9 Å². The first kappa shape index (κ1) is 14.1. The third-order valence-corrected chi connectivity index (χ3v) is 3.82. The Balaban J connectivity index is 2.26. The average Bonchev–Trinajstić information content (AvgIpc) is 2.37. The first-order chi connectivity index (χ1) is 8.99. The fraction of sp³-hybridized carbons (Fsp3) is 0. The van der Waals surface area contributed by atoms with Crippen molar-refractivity contribution in [3.05, 3.63) is 62.5 Å². The zero-order valence-electron chi connectivity index (χ0n) is 9.38. The lowest BCUT2D eigenvalue weighted by Crippen LogP contribution is -2.13. The molecule has 2 nitrogen and oxygen atoms in total. The number of halogens is 4. The van der Waals surface area contributed by atoms with E-state index in [1.807, 2.05) is 0 Å². The van der Waals surface area contributed by atoms with Gasteiger partial charge in [-0.1, -0.05) is 6.07 Å². The van der Waals surface area contributed by atoms with E-state index in [4.69, 9.17) is 0 Å². The lowest BCUT2D eigenvalue weighted by molar-refractivity contribution is 0.102. The van der Waals surface area contributed by atoms with E-state index in [2.05, 4.69) is 37.2 Å². The van der Waals surface area contributed by atoms with Crippen molar-refractivity contribution in [2.45, 2.75) is 0 Å². The van der Waals surface area contributed by atoms with E-state index in [1.165, 1.54) is 36.4 Å². The Morgan fingerprint density at radius 3 is 2.47 bits per heavy atom. The largest absolute Gasteiger partial charge is 0.322 e. The van der Waals surface area contributed by atoms with E-state index >= 15 is 0 Å². The van der Waals surface area contributed by atoms with Gasteiger partial charge in [-0.2, -0.15) is 0 Å². The fourth-order valence-corrected chi connectivity index (χ4v) is 2.14. The second-order valence-electron chi connectivity index (χ2n) is 3.68. The molecule has 2 aromatic carbocycles. The number of benzene rings is 2. The maximum atomic E-state index is 13.3. The molecule has 0 fully saturated rings.